The standard InChI is InChI=1S/C15H10N4OS/c16-8-9-3-1-4-10(7-9)13-18-12-14(21-13)17-11-5-2-6-19(11)15(12)20/h1,3-4,7H,2,5-6H2. The molecule has 102 valence electrons. The molecule has 0 spiro atoms. The maximum Gasteiger partial charge on any atom is 0.280 e. The maximum absolute atomic E-state index is 12.4. The zero-order valence-electron chi connectivity index (χ0n) is 11.0. The monoisotopic (exact) mass is 294 g/mol. The third-order valence-corrected chi connectivity index (χ3v) is 4.62. The van der Waals surface area contributed by atoms with Crippen LogP contribution in [0, 0.1) is 11.3 Å². The van der Waals surface area contributed by atoms with E-state index in [0.717, 1.165) is 35.8 Å². The minimum Gasteiger partial charge on any atom is -0.295 e. The summed E-state index contributed by atoms with van der Waals surface area (Å²) in [6, 6.07) is 9.36. The number of nitriles is 1. The molecule has 6 heteroatoms. The number of thiazole rings is 1. The van der Waals surface area contributed by atoms with Gasteiger partial charge in [-0.2, -0.15) is 5.26 Å². The number of hydrogen-bond donors (Lipinski definition) is 0. The summed E-state index contributed by atoms with van der Waals surface area (Å²) in [6.07, 6.45) is 1.82. The summed E-state index contributed by atoms with van der Waals surface area (Å²) in [7, 11) is 0. The Morgan fingerprint density at radius 3 is 3.10 bits per heavy atom. The van der Waals surface area contributed by atoms with Crippen LogP contribution in [0.1, 0.15) is 17.8 Å². The number of rotatable bonds is 1. The molecule has 0 fully saturated rings. The van der Waals surface area contributed by atoms with E-state index < -0.39 is 0 Å². The van der Waals surface area contributed by atoms with Crippen molar-refractivity contribution in [2.45, 2.75) is 19.4 Å². The molecule has 0 atom stereocenters. The number of aryl methyl sites for hydroxylation is 1. The van der Waals surface area contributed by atoms with Crippen LogP contribution in [-0.4, -0.2) is 14.5 Å². The van der Waals surface area contributed by atoms with Crippen LogP contribution in [0.15, 0.2) is 29.1 Å². The first-order valence-corrected chi connectivity index (χ1v) is 7.49. The van der Waals surface area contributed by atoms with Crippen LogP contribution >= 0.6 is 11.3 Å². The van der Waals surface area contributed by atoms with Gasteiger partial charge in [-0.25, -0.2) is 9.97 Å². The molecule has 2 aromatic heterocycles. The van der Waals surface area contributed by atoms with Crippen molar-refractivity contribution in [1.29, 1.82) is 5.26 Å². The van der Waals surface area contributed by atoms with E-state index in [1.54, 1.807) is 16.7 Å². The molecule has 0 radical (unpaired) electrons. The molecule has 3 heterocycles. The Balaban J connectivity index is 1.94. The molecular formula is C15H10N4OS. The molecule has 1 aliphatic rings. The van der Waals surface area contributed by atoms with E-state index in [2.05, 4.69) is 16.0 Å². The van der Waals surface area contributed by atoms with Crippen LogP contribution in [0.25, 0.3) is 20.9 Å². The molecule has 1 aliphatic heterocycles. The van der Waals surface area contributed by atoms with Gasteiger partial charge in [-0.1, -0.05) is 23.5 Å². The van der Waals surface area contributed by atoms with E-state index in [1.165, 1.54) is 11.3 Å². The average molecular weight is 294 g/mol. The van der Waals surface area contributed by atoms with Crippen LogP contribution < -0.4 is 5.56 Å². The van der Waals surface area contributed by atoms with Gasteiger partial charge in [-0.15, -0.1) is 0 Å². The van der Waals surface area contributed by atoms with Crippen molar-refractivity contribution in [2.24, 2.45) is 0 Å². The zero-order valence-corrected chi connectivity index (χ0v) is 11.9. The van der Waals surface area contributed by atoms with Crippen molar-refractivity contribution in [2.75, 3.05) is 0 Å². The summed E-state index contributed by atoms with van der Waals surface area (Å²) < 4.78 is 1.72. The average Bonchev–Trinajstić information content (AvgIpc) is 3.14. The van der Waals surface area contributed by atoms with E-state index >= 15 is 0 Å². The maximum atomic E-state index is 12.4. The first kappa shape index (κ1) is 12.2. The first-order valence-electron chi connectivity index (χ1n) is 6.67. The molecule has 4 rings (SSSR count). The van der Waals surface area contributed by atoms with Crippen LogP contribution in [0.3, 0.4) is 0 Å². The van der Waals surface area contributed by atoms with Gasteiger partial charge in [0.05, 0.1) is 11.6 Å². The van der Waals surface area contributed by atoms with Crippen LogP contribution in [0.2, 0.25) is 0 Å². The summed E-state index contributed by atoms with van der Waals surface area (Å²) in [4.78, 5) is 22.1. The van der Waals surface area contributed by atoms with Gasteiger partial charge in [0, 0.05) is 18.5 Å². The van der Waals surface area contributed by atoms with Crippen LogP contribution in [0.4, 0.5) is 0 Å². The molecule has 0 aliphatic carbocycles. The minimum absolute atomic E-state index is 0.0496. The van der Waals surface area contributed by atoms with E-state index in [4.69, 9.17) is 5.26 Å². The fourth-order valence-corrected chi connectivity index (χ4v) is 3.56. The Bertz CT molecular complexity index is 964. The van der Waals surface area contributed by atoms with E-state index in [-0.39, 0.29) is 5.56 Å². The Hall–Kier alpha value is -2.52. The van der Waals surface area contributed by atoms with E-state index in [1.807, 2.05) is 12.1 Å². The Morgan fingerprint density at radius 1 is 1.33 bits per heavy atom. The highest BCUT2D eigenvalue weighted by atomic mass is 32.1. The Kier molecular flexibility index (Phi) is 2.62. The van der Waals surface area contributed by atoms with Gasteiger partial charge in [0.25, 0.3) is 5.56 Å². The number of benzene rings is 1. The van der Waals surface area contributed by atoms with Gasteiger partial charge in [0.1, 0.15) is 10.8 Å². The second-order valence-electron chi connectivity index (χ2n) is 4.95. The van der Waals surface area contributed by atoms with E-state index in [0.29, 0.717) is 15.9 Å². The summed E-state index contributed by atoms with van der Waals surface area (Å²) >= 11 is 1.40. The van der Waals surface area contributed by atoms with Gasteiger partial charge >= 0.3 is 0 Å². The summed E-state index contributed by atoms with van der Waals surface area (Å²) in [6.45, 7) is 0.730. The predicted molar refractivity (Wildman–Crippen MR) is 80.1 cm³/mol. The van der Waals surface area contributed by atoms with Gasteiger partial charge in [0.2, 0.25) is 0 Å². The molecule has 0 N–H and O–H groups in total. The molecule has 21 heavy (non-hydrogen) atoms. The lowest BCUT2D eigenvalue weighted by atomic mass is 10.1. The van der Waals surface area contributed by atoms with E-state index in [9.17, 15) is 4.79 Å². The number of hydrogen-bond acceptors (Lipinski definition) is 5. The highest BCUT2D eigenvalue weighted by Gasteiger charge is 2.19. The van der Waals surface area contributed by atoms with Crippen molar-refractivity contribution in [3.8, 4) is 16.6 Å². The molecule has 0 saturated heterocycles. The topological polar surface area (TPSA) is 71.6 Å². The molecule has 1 aromatic carbocycles. The lowest BCUT2D eigenvalue weighted by molar-refractivity contribution is 0.718. The van der Waals surface area contributed by atoms with Crippen molar-refractivity contribution >= 4 is 21.7 Å². The van der Waals surface area contributed by atoms with Crippen molar-refractivity contribution in [3.63, 3.8) is 0 Å². The number of fused-ring (bicyclic) bond motifs is 2. The van der Waals surface area contributed by atoms with Crippen molar-refractivity contribution < 1.29 is 0 Å². The molecule has 0 unspecified atom stereocenters. The normalized spacial score (nSPS) is 13.3. The fourth-order valence-electron chi connectivity index (χ4n) is 2.61. The highest BCUT2D eigenvalue weighted by Crippen LogP contribution is 2.29. The van der Waals surface area contributed by atoms with Crippen molar-refractivity contribution in [1.82, 2.24) is 14.5 Å². The van der Waals surface area contributed by atoms with Crippen molar-refractivity contribution in [3.05, 3.63) is 46.0 Å². The third kappa shape index (κ3) is 1.86. The largest absolute Gasteiger partial charge is 0.295 e. The van der Waals surface area contributed by atoms with Crippen LogP contribution in [0.5, 0.6) is 0 Å². The first-order chi connectivity index (χ1) is 10.3. The molecule has 5 nitrogen and oxygen atoms in total. The second-order valence-corrected chi connectivity index (χ2v) is 5.93. The lowest BCUT2D eigenvalue weighted by Gasteiger charge is -1.99. The number of aromatic nitrogens is 3. The van der Waals surface area contributed by atoms with Gasteiger partial charge in [0.15, 0.2) is 10.3 Å². The molecule has 3 aromatic rings. The fraction of sp³-hybridized carbons (Fsp3) is 0.200. The lowest BCUT2D eigenvalue weighted by Crippen LogP contribution is -2.20. The second kappa shape index (κ2) is 4.50. The molecule has 0 bridgehead atoms. The van der Waals surface area contributed by atoms with Gasteiger partial charge in [-0.3, -0.25) is 9.36 Å². The number of nitrogens with zero attached hydrogens (tertiary/aromatic N) is 4. The SMILES string of the molecule is N#Cc1cccc(-c2nc3c(=O)n4c(nc3s2)CCC4)c1. The Morgan fingerprint density at radius 2 is 2.24 bits per heavy atom. The van der Waals surface area contributed by atoms with Crippen LogP contribution in [-0.2, 0) is 13.0 Å². The summed E-state index contributed by atoms with van der Waals surface area (Å²) in [5.41, 5.74) is 1.81. The highest BCUT2D eigenvalue weighted by molar-refractivity contribution is 7.21. The smallest absolute Gasteiger partial charge is 0.280 e. The third-order valence-electron chi connectivity index (χ3n) is 3.62. The Labute approximate surface area is 124 Å². The van der Waals surface area contributed by atoms with Gasteiger partial charge in [-0.05, 0) is 18.6 Å². The quantitative estimate of drug-likeness (QED) is 0.690. The zero-order chi connectivity index (χ0) is 14.4. The summed E-state index contributed by atoms with van der Waals surface area (Å²) in [5.74, 6) is 0.855. The molecular weight excluding hydrogens is 284 g/mol. The van der Waals surface area contributed by atoms with Gasteiger partial charge < -0.3 is 0 Å². The minimum atomic E-state index is -0.0496. The molecule has 0 saturated carbocycles. The molecule has 0 amide bonds. The predicted octanol–water partition coefficient (Wildman–Crippen LogP) is 2.34. The summed E-state index contributed by atoms with van der Waals surface area (Å²) in [5, 5.41) is 9.70.